The highest BCUT2D eigenvalue weighted by molar-refractivity contribution is 6.30. The lowest BCUT2D eigenvalue weighted by Gasteiger charge is -2.29. The molecule has 1 aromatic rings. The molecule has 0 spiro atoms. The second-order valence-corrected chi connectivity index (χ2v) is 5.77. The predicted octanol–water partition coefficient (Wildman–Crippen LogP) is 3.07. The van der Waals surface area contributed by atoms with Gasteiger partial charge in [0, 0.05) is 22.7 Å². The summed E-state index contributed by atoms with van der Waals surface area (Å²) in [6, 6.07) is 7.35. The van der Waals surface area contributed by atoms with Gasteiger partial charge in [0.2, 0.25) is 5.91 Å². The van der Waals surface area contributed by atoms with E-state index >= 15 is 0 Å². The van der Waals surface area contributed by atoms with Crippen molar-refractivity contribution in [3.05, 3.63) is 29.3 Å². The third kappa shape index (κ3) is 4.00. The van der Waals surface area contributed by atoms with Crippen molar-refractivity contribution in [2.24, 2.45) is 11.1 Å². The molecular weight excluding hydrogens is 248 g/mol. The molecule has 0 heterocycles. The zero-order chi connectivity index (χ0) is 13.8. The molecule has 0 radical (unpaired) electrons. The number of benzene rings is 1. The maximum absolute atomic E-state index is 12.4. The normalized spacial score (nSPS) is 11.4. The van der Waals surface area contributed by atoms with Crippen LogP contribution in [-0.4, -0.2) is 19.0 Å². The highest BCUT2D eigenvalue weighted by Crippen LogP contribution is 2.25. The van der Waals surface area contributed by atoms with Gasteiger partial charge in [0.1, 0.15) is 0 Å². The van der Waals surface area contributed by atoms with Crippen molar-refractivity contribution >= 4 is 23.2 Å². The standard InChI is InChI=1S/C14H21ClN2O/c1-14(2,3)13(18)17(9-5-8-16)12-7-4-6-11(15)10-12/h4,6-7,10H,5,8-9,16H2,1-3H3. The van der Waals surface area contributed by atoms with Crippen molar-refractivity contribution in [1.82, 2.24) is 0 Å². The molecule has 100 valence electrons. The Kier molecular flexibility index (Phi) is 5.17. The number of carbonyl (C=O) groups excluding carboxylic acids is 1. The Hall–Kier alpha value is -1.06. The summed E-state index contributed by atoms with van der Waals surface area (Å²) in [7, 11) is 0. The molecule has 1 rings (SSSR count). The molecular formula is C14H21ClN2O. The molecule has 0 aliphatic rings. The van der Waals surface area contributed by atoms with Gasteiger partial charge in [-0.05, 0) is 31.2 Å². The van der Waals surface area contributed by atoms with Crippen LogP contribution < -0.4 is 10.6 Å². The first-order valence-electron chi connectivity index (χ1n) is 6.14. The van der Waals surface area contributed by atoms with Crippen LogP contribution in [0.1, 0.15) is 27.2 Å². The number of halogens is 1. The summed E-state index contributed by atoms with van der Waals surface area (Å²) in [4.78, 5) is 14.2. The summed E-state index contributed by atoms with van der Waals surface area (Å²) in [5.41, 5.74) is 5.94. The summed E-state index contributed by atoms with van der Waals surface area (Å²) in [6.45, 7) is 6.92. The molecule has 18 heavy (non-hydrogen) atoms. The van der Waals surface area contributed by atoms with Gasteiger partial charge < -0.3 is 10.6 Å². The Morgan fingerprint density at radius 1 is 1.39 bits per heavy atom. The maximum atomic E-state index is 12.4. The van der Waals surface area contributed by atoms with Crippen molar-refractivity contribution < 1.29 is 4.79 Å². The number of nitrogens with zero attached hydrogens (tertiary/aromatic N) is 1. The minimum absolute atomic E-state index is 0.0817. The van der Waals surface area contributed by atoms with E-state index in [9.17, 15) is 4.79 Å². The van der Waals surface area contributed by atoms with Crippen molar-refractivity contribution in [2.45, 2.75) is 27.2 Å². The molecule has 0 atom stereocenters. The number of amides is 1. The minimum atomic E-state index is -0.420. The lowest BCUT2D eigenvalue weighted by molar-refractivity contribution is -0.125. The Morgan fingerprint density at radius 2 is 2.06 bits per heavy atom. The topological polar surface area (TPSA) is 46.3 Å². The lowest BCUT2D eigenvalue weighted by atomic mass is 9.94. The van der Waals surface area contributed by atoms with E-state index in [4.69, 9.17) is 17.3 Å². The Bertz CT molecular complexity index is 413. The maximum Gasteiger partial charge on any atom is 0.232 e. The van der Waals surface area contributed by atoms with Crippen molar-refractivity contribution in [1.29, 1.82) is 0 Å². The fourth-order valence-electron chi connectivity index (χ4n) is 1.65. The first-order chi connectivity index (χ1) is 8.36. The van der Waals surface area contributed by atoms with Gasteiger partial charge in [-0.15, -0.1) is 0 Å². The Morgan fingerprint density at radius 3 is 2.56 bits per heavy atom. The SMILES string of the molecule is CC(C)(C)C(=O)N(CCCN)c1cccc(Cl)c1. The van der Waals surface area contributed by atoms with E-state index in [1.54, 1.807) is 11.0 Å². The molecule has 0 saturated heterocycles. The van der Waals surface area contributed by atoms with Crippen LogP contribution in [0.4, 0.5) is 5.69 Å². The molecule has 0 aliphatic carbocycles. The number of carbonyl (C=O) groups is 1. The highest BCUT2D eigenvalue weighted by Gasteiger charge is 2.27. The fraction of sp³-hybridized carbons (Fsp3) is 0.500. The van der Waals surface area contributed by atoms with Gasteiger partial charge in [-0.3, -0.25) is 4.79 Å². The second-order valence-electron chi connectivity index (χ2n) is 5.33. The van der Waals surface area contributed by atoms with Crippen LogP contribution in [-0.2, 0) is 4.79 Å². The Labute approximate surface area is 114 Å². The summed E-state index contributed by atoms with van der Waals surface area (Å²) >= 11 is 5.98. The lowest BCUT2D eigenvalue weighted by Crippen LogP contribution is -2.40. The number of hydrogen-bond donors (Lipinski definition) is 1. The van der Waals surface area contributed by atoms with Crippen LogP contribution >= 0.6 is 11.6 Å². The summed E-state index contributed by atoms with van der Waals surface area (Å²) in [5, 5.41) is 0.631. The predicted molar refractivity (Wildman–Crippen MR) is 76.9 cm³/mol. The summed E-state index contributed by atoms with van der Waals surface area (Å²) < 4.78 is 0. The molecule has 1 amide bonds. The fourth-order valence-corrected chi connectivity index (χ4v) is 1.83. The van der Waals surface area contributed by atoms with Crippen LogP contribution in [0, 0.1) is 5.41 Å². The van der Waals surface area contributed by atoms with Gasteiger partial charge in [0.15, 0.2) is 0 Å². The Balaban J connectivity index is 3.02. The second kappa shape index (κ2) is 6.21. The molecule has 0 aromatic heterocycles. The number of nitrogens with two attached hydrogens (primary N) is 1. The molecule has 2 N–H and O–H groups in total. The first kappa shape index (κ1) is 15.0. The number of rotatable bonds is 4. The van der Waals surface area contributed by atoms with Crippen LogP contribution in [0.5, 0.6) is 0 Å². The molecule has 1 aromatic carbocycles. The van der Waals surface area contributed by atoms with Gasteiger partial charge in [-0.25, -0.2) is 0 Å². The van der Waals surface area contributed by atoms with E-state index < -0.39 is 5.41 Å². The van der Waals surface area contributed by atoms with E-state index in [2.05, 4.69) is 0 Å². The molecule has 0 bridgehead atoms. The molecule has 0 saturated carbocycles. The van der Waals surface area contributed by atoms with Gasteiger partial charge in [0.25, 0.3) is 0 Å². The summed E-state index contributed by atoms with van der Waals surface area (Å²) in [5.74, 6) is 0.0817. The number of hydrogen-bond acceptors (Lipinski definition) is 2. The van der Waals surface area contributed by atoms with Gasteiger partial charge in [0.05, 0.1) is 0 Å². The highest BCUT2D eigenvalue weighted by atomic mass is 35.5. The molecule has 0 unspecified atom stereocenters. The van der Waals surface area contributed by atoms with E-state index in [1.165, 1.54) is 0 Å². The van der Waals surface area contributed by atoms with Crippen LogP contribution in [0.25, 0.3) is 0 Å². The molecule has 0 aliphatic heterocycles. The van der Waals surface area contributed by atoms with Crippen molar-refractivity contribution in [3.63, 3.8) is 0 Å². The number of anilines is 1. The smallest absolute Gasteiger partial charge is 0.232 e. The van der Waals surface area contributed by atoms with Crippen LogP contribution in [0.2, 0.25) is 5.02 Å². The molecule has 3 nitrogen and oxygen atoms in total. The average molecular weight is 269 g/mol. The zero-order valence-corrected chi connectivity index (χ0v) is 12.0. The van der Waals surface area contributed by atoms with E-state index in [-0.39, 0.29) is 5.91 Å². The van der Waals surface area contributed by atoms with Gasteiger partial charge >= 0.3 is 0 Å². The summed E-state index contributed by atoms with van der Waals surface area (Å²) in [6.07, 6.45) is 0.772. The third-order valence-corrected chi connectivity index (χ3v) is 2.83. The van der Waals surface area contributed by atoms with Gasteiger partial charge in [-0.1, -0.05) is 38.4 Å². The zero-order valence-electron chi connectivity index (χ0n) is 11.2. The third-order valence-electron chi connectivity index (χ3n) is 2.59. The van der Waals surface area contributed by atoms with Crippen LogP contribution in [0.3, 0.4) is 0 Å². The van der Waals surface area contributed by atoms with Crippen LogP contribution in [0.15, 0.2) is 24.3 Å². The van der Waals surface area contributed by atoms with E-state index in [0.29, 0.717) is 18.1 Å². The van der Waals surface area contributed by atoms with E-state index in [1.807, 2.05) is 39.0 Å². The van der Waals surface area contributed by atoms with Crippen molar-refractivity contribution in [3.8, 4) is 0 Å². The molecule has 4 heteroatoms. The van der Waals surface area contributed by atoms with Crippen molar-refractivity contribution in [2.75, 3.05) is 18.0 Å². The minimum Gasteiger partial charge on any atom is -0.330 e. The first-order valence-corrected chi connectivity index (χ1v) is 6.51. The van der Waals surface area contributed by atoms with E-state index in [0.717, 1.165) is 12.1 Å². The van der Waals surface area contributed by atoms with Gasteiger partial charge in [-0.2, -0.15) is 0 Å². The average Bonchev–Trinajstić information content (AvgIpc) is 2.28. The quantitative estimate of drug-likeness (QED) is 0.912. The largest absolute Gasteiger partial charge is 0.330 e. The molecule has 0 fully saturated rings. The monoisotopic (exact) mass is 268 g/mol.